The number of benzene rings is 2. The zero-order chi connectivity index (χ0) is 14.8. The molecule has 3 aromatic rings. The number of fused-ring (bicyclic) bond motifs is 1. The van der Waals surface area contributed by atoms with Crippen LogP contribution in [0.2, 0.25) is 5.15 Å². The molecule has 1 heterocycles. The zero-order valence-electron chi connectivity index (χ0n) is 11.6. The first-order valence-corrected chi connectivity index (χ1v) is 7.11. The van der Waals surface area contributed by atoms with E-state index in [0.29, 0.717) is 17.3 Å². The van der Waals surface area contributed by atoms with Gasteiger partial charge in [0.2, 0.25) is 0 Å². The van der Waals surface area contributed by atoms with Gasteiger partial charge in [0.05, 0.1) is 5.56 Å². The van der Waals surface area contributed by atoms with Crippen LogP contribution in [0.15, 0.2) is 54.6 Å². The van der Waals surface area contributed by atoms with Crippen molar-refractivity contribution in [3.8, 4) is 0 Å². The van der Waals surface area contributed by atoms with Crippen molar-refractivity contribution in [2.24, 2.45) is 7.05 Å². The molecule has 2 aromatic carbocycles. The second-order valence-corrected chi connectivity index (χ2v) is 5.27. The fourth-order valence-corrected chi connectivity index (χ4v) is 2.72. The number of aromatic nitrogens is 1. The van der Waals surface area contributed by atoms with Gasteiger partial charge in [0.1, 0.15) is 5.15 Å². The predicted octanol–water partition coefficient (Wildman–Crippen LogP) is 3.76. The number of carbonyl (C=O) groups excluding carboxylic acids is 1. The minimum absolute atomic E-state index is 0.152. The third-order valence-electron chi connectivity index (χ3n) is 3.56. The molecular weight excluding hydrogens is 284 g/mol. The largest absolute Gasteiger partial charge is 0.348 e. The highest BCUT2D eigenvalue weighted by atomic mass is 35.5. The number of rotatable bonds is 3. The van der Waals surface area contributed by atoms with Crippen LogP contribution in [0, 0.1) is 0 Å². The van der Waals surface area contributed by atoms with E-state index in [-0.39, 0.29) is 5.91 Å². The van der Waals surface area contributed by atoms with E-state index in [1.165, 1.54) is 0 Å². The van der Waals surface area contributed by atoms with Gasteiger partial charge in [0, 0.05) is 24.5 Å². The number of hydrogen-bond donors (Lipinski definition) is 1. The summed E-state index contributed by atoms with van der Waals surface area (Å²) in [7, 11) is 1.86. The monoisotopic (exact) mass is 298 g/mol. The van der Waals surface area contributed by atoms with Gasteiger partial charge in [0.15, 0.2) is 0 Å². The van der Waals surface area contributed by atoms with Crippen LogP contribution in [0.25, 0.3) is 10.9 Å². The molecule has 3 nitrogen and oxygen atoms in total. The average Bonchev–Trinajstić information content (AvgIpc) is 2.78. The number of nitrogens with zero attached hydrogens (tertiary/aromatic N) is 1. The van der Waals surface area contributed by atoms with Gasteiger partial charge < -0.3 is 9.88 Å². The summed E-state index contributed by atoms with van der Waals surface area (Å²) in [5, 5.41) is 4.26. The summed E-state index contributed by atoms with van der Waals surface area (Å²) in [6, 6.07) is 17.5. The van der Waals surface area contributed by atoms with Crippen molar-refractivity contribution < 1.29 is 4.79 Å². The maximum Gasteiger partial charge on any atom is 0.255 e. The van der Waals surface area contributed by atoms with Gasteiger partial charge in [-0.15, -0.1) is 0 Å². The molecule has 3 rings (SSSR count). The topological polar surface area (TPSA) is 34.0 Å². The van der Waals surface area contributed by atoms with Gasteiger partial charge in [0.25, 0.3) is 5.91 Å². The second-order valence-electron chi connectivity index (χ2n) is 4.91. The van der Waals surface area contributed by atoms with Gasteiger partial charge in [-0.1, -0.05) is 60.1 Å². The fraction of sp³-hybridized carbons (Fsp3) is 0.118. The Morgan fingerprint density at radius 2 is 1.76 bits per heavy atom. The van der Waals surface area contributed by atoms with E-state index in [0.717, 1.165) is 16.5 Å². The van der Waals surface area contributed by atoms with E-state index in [1.54, 1.807) is 0 Å². The number of halogens is 1. The Kier molecular flexibility index (Phi) is 3.67. The second kappa shape index (κ2) is 5.62. The van der Waals surface area contributed by atoms with Crippen LogP contribution in [0.3, 0.4) is 0 Å². The van der Waals surface area contributed by atoms with Crippen LogP contribution in [0.1, 0.15) is 15.9 Å². The van der Waals surface area contributed by atoms with E-state index >= 15 is 0 Å². The molecule has 0 aliphatic rings. The van der Waals surface area contributed by atoms with Crippen molar-refractivity contribution in [1.29, 1.82) is 0 Å². The van der Waals surface area contributed by atoms with E-state index in [2.05, 4.69) is 5.32 Å². The summed E-state index contributed by atoms with van der Waals surface area (Å²) in [6.07, 6.45) is 0. The molecule has 0 bridgehead atoms. The quantitative estimate of drug-likeness (QED) is 0.785. The van der Waals surface area contributed by atoms with E-state index < -0.39 is 0 Å². The summed E-state index contributed by atoms with van der Waals surface area (Å²) >= 11 is 6.32. The van der Waals surface area contributed by atoms with Gasteiger partial charge in [-0.25, -0.2) is 0 Å². The minimum Gasteiger partial charge on any atom is -0.348 e. The van der Waals surface area contributed by atoms with Crippen LogP contribution in [-0.2, 0) is 13.6 Å². The number of para-hydroxylation sites is 1. The Hall–Kier alpha value is -2.26. The molecule has 0 aliphatic carbocycles. The maximum atomic E-state index is 12.5. The zero-order valence-corrected chi connectivity index (χ0v) is 12.4. The fourth-order valence-electron chi connectivity index (χ4n) is 2.44. The SMILES string of the molecule is Cn1c(Cl)c(C(=O)NCc2ccccc2)c2ccccc21. The molecule has 0 spiro atoms. The summed E-state index contributed by atoms with van der Waals surface area (Å²) < 4.78 is 1.83. The summed E-state index contributed by atoms with van der Waals surface area (Å²) in [5.41, 5.74) is 2.54. The lowest BCUT2D eigenvalue weighted by atomic mass is 10.1. The maximum absolute atomic E-state index is 12.5. The predicted molar refractivity (Wildman–Crippen MR) is 85.5 cm³/mol. The number of aryl methyl sites for hydroxylation is 1. The van der Waals surface area contributed by atoms with Crippen molar-refractivity contribution >= 4 is 28.4 Å². The van der Waals surface area contributed by atoms with Crippen LogP contribution in [0.5, 0.6) is 0 Å². The Morgan fingerprint density at radius 1 is 1.10 bits per heavy atom. The lowest BCUT2D eigenvalue weighted by molar-refractivity contribution is 0.0952. The Labute approximate surface area is 128 Å². The molecule has 0 atom stereocenters. The Bertz CT molecular complexity index is 793. The molecule has 0 saturated carbocycles. The van der Waals surface area contributed by atoms with Crippen LogP contribution in [0.4, 0.5) is 0 Å². The van der Waals surface area contributed by atoms with Crippen molar-refractivity contribution in [2.75, 3.05) is 0 Å². The van der Waals surface area contributed by atoms with Crippen molar-refractivity contribution in [2.45, 2.75) is 6.54 Å². The lowest BCUT2D eigenvalue weighted by Gasteiger charge is -2.05. The van der Waals surface area contributed by atoms with Crippen LogP contribution < -0.4 is 5.32 Å². The lowest BCUT2D eigenvalue weighted by Crippen LogP contribution is -2.22. The molecule has 0 saturated heterocycles. The highest BCUT2D eigenvalue weighted by Gasteiger charge is 2.19. The highest BCUT2D eigenvalue weighted by molar-refractivity contribution is 6.35. The van der Waals surface area contributed by atoms with Gasteiger partial charge in [-0.3, -0.25) is 4.79 Å². The van der Waals surface area contributed by atoms with Crippen molar-refractivity contribution in [1.82, 2.24) is 9.88 Å². The Balaban J connectivity index is 1.90. The average molecular weight is 299 g/mol. The molecular formula is C17H15ClN2O. The summed E-state index contributed by atoms with van der Waals surface area (Å²) in [6.45, 7) is 0.485. The molecule has 0 fully saturated rings. The standard InChI is InChI=1S/C17H15ClN2O/c1-20-14-10-6-5-9-13(14)15(16(20)18)17(21)19-11-12-7-3-2-4-8-12/h2-10H,11H2,1H3,(H,19,21). The molecule has 1 N–H and O–H groups in total. The first-order valence-electron chi connectivity index (χ1n) is 6.73. The van der Waals surface area contributed by atoms with Gasteiger partial charge in [-0.05, 0) is 11.6 Å². The smallest absolute Gasteiger partial charge is 0.255 e. The molecule has 0 aliphatic heterocycles. The van der Waals surface area contributed by atoms with Gasteiger partial charge in [-0.2, -0.15) is 0 Å². The number of nitrogens with one attached hydrogen (secondary N) is 1. The van der Waals surface area contributed by atoms with E-state index in [1.807, 2.05) is 66.2 Å². The third-order valence-corrected chi connectivity index (χ3v) is 4.00. The van der Waals surface area contributed by atoms with E-state index in [4.69, 9.17) is 11.6 Å². The van der Waals surface area contributed by atoms with Crippen LogP contribution in [-0.4, -0.2) is 10.5 Å². The molecule has 0 radical (unpaired) electrons. The van der Waals surface area contributed by atoms with Crippen LogP contribution >= 0.6 is 11.6 Å². The first-order chi connectivity index (χ1) is 10.2. The summed E-state index contributed by atoms with van der Waals surface area (Å²) in [5.74, 6) is -0.152. The number of hydrogen-bond acceptors (Lipinski definition) is 1. The highest BCUT2D eigenvalue weighted by Crippen LogP contribution is 2.28. The normalized spacial score (nSPS) is 10.8. The minimum atomic E-state index is -0.152. The van der Waals surface area contributed by atoms with Crippen molar-refractivity contribution in [3.05, 3.63) is 70.9 Å². The van der Waals surface area contributed by atoms with Gasteiger partial charge >= 0.3 is 0 Å². The summed E-state index contributed by atoms with van der Waals surface area (Å²) in [4.78, 5) is 12.5. The molecule has 4 heteroatoms. The number of carbonyl (C=O) groups is 1. The third kappa shape index (κ3) is 2.52. The molecule has 1 amide bonds. The first kappa shape index (κ1) is 13.7. The molecule has 1 aromatic heterocycles. The number of amides is 1. The molecule has 106 valence electrons. The van der Waals surface area contributed by atoms with Crippen molar-refractivity contribution in [3.63, 3.8) is 0 Å². The molecule has 0 unspecified atom stereocenters. The molecule has 21 heavy (non-hydrogen) atoms. The Morgan fingerprint density at radius 3 is 2.52 bits per heavy atom. The van der Waals surface area contributed by atoms with E-state index in [9.17, 15) is 4.79 Å².